The standard InChI is InChI=1S/C15H20N2O/c1-11(14(18)17-10-15(2,3)4)13-7-5-12(9-16)6-8-13/h5-8,11H,10H2,1-4H3,(H,17,18)/t11-/m1/s1. The van der Waals surface area contributed by atoms with Gasteiger partial charge in [-0.1, -0.05) is 32.9 Å². The molecular weight excluding hydrogens is 224 g/mol. The molecule has 1 aromatic carbocycles. The maximum atomic E-state index is 12.0. The van der Waals surface area contributed by atoms with Gasteiger partial charge in [0.25, 0.3) is 0 Å². The summed E-state index contributed by atoms with van der Waals surface area (Å²) in [6.07, 6.45) is 0. The lowest BCUT2D eigenvalue weighted by Crippen LogP contribution is -2.34. The van der Waals surface area contributed by atoms with Gasteiger partial charge in [0.2, 0.25) is 5.91 Å². The van der Waals surface area contributed by atoms with Gasteiger partial charge in [-0.05, 0) is 30.0 Å². The molecule has 0 bridgehead atoms. The van der Waals surface area contributed by atoms with E-state index in [0.29, 0.717) is 12.1 Å². The fraction of sp³-hybridized carbons (Fsp3) is 0.467. The Morgan fingerprint density at radius 3 is 2.33 bits per heavy atom. The second-order valence-corrected chi connectivity index (χ2v) is 5.73. The summed E-state index contributed by atoms with van der Waals surface area (Å²) in [5.41, 5.74) is 1.63. The zero-order valence-corrected chi connectivity index (χ0v) is 11.4. The lowest BCUT2D eigenvalue weighted by Gasteiger charge is -2.20. The molecule has 0 saturated carbocycles. The fourth-order valence-electron chi connectivity index (χ4n) is 1.50. The zero-order chi connectivity index (χ0) is 13.8. The van der Waals surface area contributed by atoms with Gasteiger partial charge in [0.1, 0.15) is 0 Å². The van der Waals surface area contributed by atoms with Gasteiger partial charge in [0.15, 0.2) is 0 Å². The molecule has 0 saturated heterocycles. The Hall–Kier alpha value is -1.82. The lowest BCUT2D eigenvalue weighted by molar-refractivity contribution is -0.122. The van der Waals surface area contributed by atoms with Crippen LogP contribution in [0.5, 0.6) is 0 Å². The molecule has 1 aromatic rings. The van der Waals surface area contributed by atoms with Crippen LogP contribution in [0.25, 0.3) is 0 Å². The molecule has 0 radical (unpaired) electrons. The highest BCUT2D eigenvalue weighted by atomic mass is 16.1. The number of benzene rings is 1. The van der Waals surface area contributed by atoms with Crippen molar-refractivity contribution in [2.45, 2.75) is 33.6 Å². The monoisotopic (exact) mass is 244 g/mol. The minimum atomic E-state index is -0.194. The molecule has 0 aliphatic carbocycles. The van der Waals surface area contributed by atoms with Crippen LogP contribution in [-0.4, -0.2) is 12.5 Å². The molecule has 0 aliphatic heterocycles. The maximum absolute atomic E-state index is 12.0. The highest BCUT2D eigenvalue weighted by Gasteiger charge is 2.17. The molecule has 1 atom stereocenters. The number of nitriles is 1. The summed E-state index contributed by atoms with van der Waals surface area (Å²) in [5, 5.41) is 11.7. The third-order valence-corrected chi connectivity index (χ3v) is 2.73. The SMILES string of the molecule is C[C@@H](C(=O)NCC(C)(C)C)c1ccc(C#N)cc1. The predicted octanol–water partition coefficient (Wildman–Crippen LogP) is 2.82. The number of carbonyl (C=O) groups excluding carboxylic acids is 1. The zero-order valence-electron chi connectivity index (χ0n) is 11.4. The van der Waals surface area contributed by atoms with Crippen molar-refractivity contribution in [3.8, 4) is 6.07 Å². The minimum Gasteiger partial charge on any atom is -0.355 e. The van der Waals surface area contributed by atoms with Crippen LogP contribution in [-0.2, 0) is 4.79 Å². The van der Waals surface area contributed by atoms with E-state index in [4.69, 9.17) is 5.26 Å². The normalized spacial score (nSPS) is 12.6. The van der Waals surface area contributed by atoms with Crippen LogP contribution < -0.4 is 5.32 Å². The molecule has 18 heavy (non-hydrogen) atoms. The molecule has 1 N–H and O–H groups in total. The summed E-state index contributed by atoms with van der Waals surface area (Å²) in [7, 11) is 0. The number of nitrogens with zero attached hydrogens (tertiary/aromatic N) is 1. The van der Waals surface area contributed by atoms with Crippen molar-refractivity contribution in [1.82, 2.24) is 5.32 Å². The predicted molar refractivity (Wildman–Crippen MR) is 72.0 cm³/mol. The quantitative estimate of drug-likeness (QED) is 0.888. The van der Waals surface area contributed by atoms with Gasteiger partial charge in [-0.3, -0.25) is 4.79 Å². The molecular formula is C15H20N2O. The Morgan fingerprint density at radius 1 is 1.33 bits per heavy atom. The van der Waals surface area contributed by atoms with E-state index in [1.165, 1.54) is 0 Å². The number of amides is 1. The summed E-state index contributed by atoms with van der Waals surface area (Å²) in [4.78, 5) is 12.0. The van der Waals surface area contributed by atoms with Crippen molar-refractivity contribution in [3.05, 3.63) is 35.4 Å². The first-order valence-corrected chi connectivity index (χ1v) is 6.11. The first-order valence-electron chi connectivity index (χ1n) is 6.11. The smallest absolute Gasteiger partial charge is 0.227 e. The Bertz CT molecular complexity index is 449. The van der Waals surface area contributed by atoms with E-state index < -0.39 is 0 Å². The van der Waals surface area contributed by atoms with Crippen molar-refractivity contribution < 1.29 is 4.79 Å². The first kappa shape index (κ1) is 14.2. The van der Waals surface area contributed by atoms with Crippen LogP contribution in [0.3, 0.4) is 0 Å². The molecule has 1 rings (SSSR count). The summed E-state index contributed by atoms with van der Waals surface area (Å²) >= 11 is 0. The van der Waals surface area contributed by atoms with E-state index >= 15 is 0 Å². The van der Waals surface area contributed by atoms with Crippen molar-refractivity contribution in [3.63, 3.8) is 0 Å². The van der Waals surface area contributed by atoms with Crippen molar-refractivity contribution >= 4 is 5.91 Å². The lowest BCUT2D eigenvalue weighted by atomic mass is 9.95. The van der Waals surface area contributed by atoms with Gasteiger partial charge >= 0.3 is 0 Å². The second kappa shape index (κ2) is 5.68. The summed E-state index contributed by atoms with van der Waals surface area (Å²) in [6.45, 7) is 8.78. The average molecular weight is 244 g/mol. The molecule has 0 spiro atoms. The van der Waals surface area contributed by atoms with E-state index in [2.05, 4.69) is 32.2 Å². The van der Waals surface area contributed by atoms with Crippen LogP contribution in [0.1, 0.15) is 44.7 Å². The van der Waals surface area contributed by atoms with Gasteiger partial charge in [0, 0.05) is 6.54 Å². The number of carbonyl (C=O) groups is 1. The molecule has 3 nitrogen and oxygen atoms in total. The third-order valence-electron chi connectivity index (χ3n) is 2.73. The fourth-order valence-corrected chi connectivity index (χ4v) is 1.50. The van der Waals surface area contributed by atoms with Crippen molar-refractivity contribution in [2.75, 3.05) is 6.54 Å². The van der Waals surface area contributed by atoms with E-state index in [1.807, 2.05) is 19.1 Å². The molecule has 0 unspecified atom stereocenters. The van der Waals surface area contributed by atoms with Crippen LogP contribution in [0.15, 0.2) is 24.3 Å². The highest BCUT2D eigenvalue weighted by molar-refractivity contribution is 5.83. The van der Waals surface area contributed by atoms with Crippen molar-refractivity contribution in [2.24, 2.45) is 5.41 Å². The van der Waals surface area contributed by atoms with Gasteiger partial charge in [-0.15, -0.1) is 0 Å². The number of rotatable bonds is 3. The molecule has 0 heterocycles. The summed E-state index contributed by atoms with van der Waals surface area (Å²) in [5.74, 6) is -0.172. The van der Waals surface area contributed by atoms with Gasteiger partial charge in [0.05, 0.1) is 17.6 Å². The Balaban J connectivity index is 2.66. The minimum absolute atomic E-state index is 0.0228. The summed E-state index contributed by atoms with van der Waals surface area (Å²) in [6, 6.07) is 9.21. The van der Waals surface area contributed by atoms with Crippen LogP contribution in [0, 0.1) is 16.7 Å². The molecule has 0 fully saturated rings. The van der Waals surface area contributed by atoms with Crippen LogP contribution >= 0.6 is 0 Å². The molecule has 0 aliphatic rings. The van der Waals surface area contributed by atoms with E-state index in [0.717, 1.165) is 5.56 Å². The first-order chi connectivity index (χ1) is 8.33. The van der Waals surface area contributed by atoms with Gasteiger partial charge in [-0.2, -0.15) is 5.26 Å². The number of hydrogen-bond acceptors (Lipinski definition) is 2. The largest absolute Gasteiger partial charge is 0.355 e. The number of nitrogens with one attached hydrogen (secondary N) is 1. The molecule has 96 valence electrons. The topological polar surface area (TPSA) is 52.9 Å². The van der Waals surface area contributed by atoms with E-state index in [1.54, 1.807) is 12.1 Å². The third kappa shape index (κ3) is 4.21. The number of hydrogen-bond donors (Lipinski definition) is 1. The average Bonchev–Trinajstić information content (AvgIpc) is 2.34. The maximum Gasteiger partial charge on any atom is 0.227 e. The van der Waals surface area contributed by atoms with Crippen molar-refractivity contribution in [1.29, 1.82) is 5.26 Å². The second-order valence-electron chi connectivity index (χ2n) is 5.73. The Kier molecular flexibility index (Phi) is 4.49. The Morgan fingerprint density at radius 2 is 1.89 bits per heavy atom. The Labute approximate surface area is 109 Å². The molecule has 3 heteroatoms. The summed E-state index contributed by atoms with van der Waals surface area (Å²) < 4.78 is 0. The van der Waals surface area contributed by atoms with Gasteiger partial charge in [-0.25, -0.2) is 0 Å². The van der Waals surface area contributed by atoms with Gasteiger partial charge < -0.3 is 5.32 Å². The highest BCUT2D eigenvalue weighted by Crippen LogP contribution is 2.17. The van der Waals surface area contributed by atoms with Crippen LogP contribution in [0.2, 0.25) is 0 Å². The molecule has 1 amide bonds. The molecule has 0 aromatic heterocycles. The van der Waals surface area contributed by atoms with E-state index in [9.17, 15) is 4.79 Å². The van der Waals surface area contributed by atoms with Crippen LogP contribution in [0.4, 0.5) is 0 Å². The van der Waals surface area contributed by atoms with E-state index in [-0.39, 0.29) is 17.2 Å².